The summed E-state index contributed by atoms with van der Waals surface area (Å²) in [5, 5.41) is 12.8. The van der Waals surface area contributed by atoms with Gasteiger partial charge in [0.25, 0.3) is 0 Å². The van der Waals surface area contributed by atoms with Gasteiger partial charge in [-0.25, -0.2) is 0 Å². The van der Waals surface area contributed by atoms with Crippen LogP contribution in [0.4, 0.5) is 0 Å². The second-order valence-electron chi connectivity index (χ2n) is 7.13. The molecule has 0 spiro atoms. The third-order valence-electron chi connectivity index (χ3n) is 4.51. The van der Waals surface area contributed by atoms with E-state index in [0.717, 1.165) is 32.5 Å². The number of carbonyl (C=O) groups is 1. The molecule has 0 aromatic heterocycles. The van der Waals surface area contributed by atoms with E-state index in [-0.39, 0.29) is 5.92 Å². The van der Waals surface area contributed by atoms with Crippen molar-refractivity contribution in [2.45, 2.75) is 45.7 Å². The lowest BCUT2D eigenvalue weighted by molar-refractivity contribution is -0.142. The van der Waals surface area contributed by atoms with Crippen molar-refractivity contribution in [2.24, 2.45) is 11.8 Å². The summed E-state index contributed by atoms with van der Waals surface area (Å²) in [5.74, 6) is -0.540. The lowest BCUT2D eigenvalue weighted by Gasteiger charge is -2.34. The lowest BCUT2D eigenvalue weighted by Crippen LogP contribution is -2.47. The fraction of sp³-hybridized carbons (Fsp3) is 0.632. The standard InChI is InChI=1S/C19H30N2O2/c1-15(2)11-17(19(22)23)12-20-18-9-6-10-21(14-18)13-16-7-4-3-5-8-16/h3-5,7-8,15,17-18,20H,6,9-14H2,1-2H3,(H,22,23). The molecule has 23 heavy (non-hydrogen) atoms. The quantitative estimate of drug-likeness (QED) is 0.774. The van der Waals surface area contributed by atoms with Crippen LogP contribution in [0.2, 0.25) is 0 Å². The van der Waals surface area contributed by atoms with Crippen LogP contribution in [-0.4, -0.2) is 41.7 Å². The third kappa shape index (κ3) is 6.32. The number of benzene rings is 1. The van der Waals surface area contributed by atoms with Crippen molar-refractivity contribution in [2.75, 3.05) is 19.6 Å². The number of nitrogens with one attached hydrogen (secondary N) is 1. The molecule has 0 aliphatic carbocycles. The molecular weight excluding hydrogens is 288 g/mol. The number of likely N-dealkylation sites (tertiary alicyclic amines) is 1. The Balaban J connectivity index is 1.80. The Hall–Kier alpha value is -1.39. The average Bonchev–Trinajstić information content (AvgIpc) is 2.52. The van der Waals surface area contributed by atoms with Crippen LogP contribution in [0.3, 0.4) is 0 Å². The molecule has 1 heterocycles. The number of carboxylic acid groups (broad SMARTS) is 1. The van der Waals surface area contributed by atoms with E-state index in [9.17, 15) is 9.90 Å². The smallest absolute Gasteiger partial charge is 0.307 e. The minimum Gasteiger partial charge on any atom is -0.481 e. The number of nitrogens with zero attached hydrogens (tertiary/aromatic N) is 1. The van der Waals surface area contributed by atoms with Gasteiger partial charge in [-0.1, -0.05) is 44.2 Å². The minimum atomic E-state index is -0.678. The first kappa shape index (κ1) is 18.0. The Bertz CT molecular complexity index is 476. The Kier molecular flexibility index (Phi) is 7.06. The van der Waals surface area contributed by atoms with Crippen LogP contribution in [0.1, 0.15) is 38.7 Å². The number of piperidine rings is 1. The van der Waals surface area contributed by atoms with E-state index in [1.165, 1.54) is 12.0 Å². The molecule has 1 aliphatic heterocycles. The van der Waals surface area contributed by atoms with Gasteiger partial charge in [0, 0.05) is 25.7 Å². The number of aliphatic carboxylic acids is 1. The van der Waals surface area contributed by atoms with E-state index < -0.39 is 5.97 Å². The molecule has 4 heteroatoms. The molecule has 0 bridgehead atoms. The highest BCUT2D eigenvalue weighted by Gasteiger charge is 2.23. The monoisotopic (exact) mass is 318 g/mol. The molecule has 2 rings (SSSR count). The third-order valence-corrected chi connectivity index (χ3v) is 4.51. The van der Waals surface area contributed by atoms with Crippen LogP contribution in [0, 0.1) is 11.8 Å². The molecule has 1 fully saturated rings. The summed E-state index contributed by atoms with van der Waals surface area (Å²) in [6.07, 6.45) is 3.05. The molecule has 2 unspecified atom stereocenters. The molecule has 1 aliphatic rings. The van der Waals surface area contributed by atoms with Gasteiger partial charge in [0.05, 0.1) is 5.92 Å². The average molecular weight is 318 g/mol. The van der Waals surface area contributed by atoms with Gasteiger partial charge >= 0.3 is 5.97 Å². The van der Waals surface area contributed by atoms with Crippen molar-refractivity contribution in [1.82, 2.24) is 10.2 Å². The molecule has 1 aromatic carbocycles. The summed E-state index contributed by atoms with van der Waals surface area (Å²) < 4.78 is 0. The first-order valence-corrected chi connectivity index (χ1v) is 8.77. The van der Waals surface area contributed by atoms with Gasteiger partial charge in [-0.3, -0.25) is 9.69 Å². The first-order valence-electron chi connectivity index (χ1n) is 8.77. The van der Waals surface area contributed by atoms with Gasteiger partial charge in [-0.2, -0.15) is 0 Å². The molecular formula is C19H30N2O2. The Labute approximate surface area is 139 Å². The number of hydrogen-bond acceptors (Lipinski definition) is 3. The zero-order valence-electron chi connectivity index (χ0n) is 14.4. The second kappa shape index (κ2) is 9.04. The molecule has 128 valence electrons. The fourth-order valence-electron chi connectivity index (χ4n) is 3.36. The predicted octanol–water partition coefficient (Wildman–Crippen LogP) is 2.99. The lowest BCUT2D eigenvalue weighted by atomic mass is 9.96. The maximum Gasteiger partial charge on any atom is 0.307 e. The largest absolute Gasteiger partial charge is 0.481 e. The zero-order valence-corrected chi connectivity index (χ0v) is 14.4. The SMILES string of the molecule is CC(C)CC(CNC1CCCN(Cc2ccccc2)C1)C(=O)O. The maximum absolute atomic E-state index is 11.4. The number of rotatable bonds is 8. The summed E-state index contributed by atoms with van der Waals surface area (Å²) in [7, 11) is 0. The predicted molar refractivity (Wildman–Crippen MR) is 93.3 cm³/mol. The molecule has 2 N–H and O–H groups in total. The van der Waals surface area contributed by atoms with Crippen molar-refractivity contribution in [3.8, 4) is 0 Å². The van der Waals surface area contributed by atoms with E-state index in [1.54, 1.807) is 0 Å². The molecule has 4 nitrogen and oxygen atoms in total. The van der Waals surface area contributed by atoms with E-state index in [1.807, 2.05) is 6.07 Å². The zero-order chi connectivity index (χ0) is 16.7. The first-order chi connectivity index (χ1) is 11.0. The topological polar surface area (TPSA) is 52.6 Å². The molecule has 0 radical (unpaired) electrons. The molecule has 2 atom stereocenters. The van der Waals surface area contributed by atoms with Gasteiger partial charge in [0.1, 0.15) is 0 Å². The van der Waals surface area contributed by atoms with Crippen LogP contribution in [-0.2, 0) is 11.3 Å². The summed E-state index contributed by atoms with van der Waals surface area (Å²) in [6.45, 7) is 7.85. The van der Waals surface area contributed by atoms with Crippen LogP contribution < -0.4 is 5.32 Å². The molecule has 0 amide bonds. The summed E-state index contributed by atoms with van der Waals surface area (Å²) >= 11 is 0. The van der Waals surface area contributed by atoms with Crippen LogP contribution in [0.25, 0.3) is 0 Å². The van der Waals surface area contributed by atoms with Crippen molar-refractivity contribution in [3.63, 3.8) is 0 Å². The van der Waals surface area contributed by atoms with Gasteiger partial charge in [-0.15, -0.1) is 0 Å². The molecule has 1 aromatic rings. The van der Waals surface area contributed by atoms with Crippen LogP contribution >= 0.6 is 0 Å². The van der Waals surface area contributed by atoms with Gasteiger partial charge < -0.3 is 10.4 Å². The van der Waals surface area contributed by atoms with E-state index >= 15 is 0 Å². The summed E-state index contributed by atoms with van der Waals surface area (Å²) in [5.41, 5.74) is 1.34. The summed E-state index contributed by atoms with van der Waals surface area (Å²) in [4.78, 5) is 13.8. The highest BCUT2D eigenvalue weighted by atomic mass is 16.4. The molecule has 0 saturated carbocycles. The fourth-order valence-corrected chi connectivity index (χ4v) is 3.36. The van der Waals surface area contributed by atoms with Gasteiger partial charge in [-0.05, 0) is 37.3 Å². The van der Waals surface area contributed by atoms with Crippen molar-refractivity contribution in [3.05, 3.63) is 35.9 Å². The Morgan fingerprint density at radius 1 is 1.35 bits per heavy atom. The van der Waals surface area contributed by atoms with Crippen molar-refractivity contribution < 1.29 is 9.90 Å². The normalized spacial score (nSPS) is 20.6. The van der Waals surface area contributed by atoms with E-state index in [0.29, 0.717) is 18.5 Å². The highest BCUT2D eigenvalue weighted by molar-refractivity contribution is 5.70. The summed E-state index contributed by atoms with van der Waals surface area (Å²) in [6, 6.07) is 10.9. The Morgan fingerprint density at radius 2 is 2.09 bits per heavy atom. The second-order valence-corrected chi connectivity index (χ2v) is 7.13. The molecule has 1 saturated heterocycles. The number of hydrogen-bond donors (Lipinski definition) is 2. The van der Waals surface area contributed by atoms with Crippen molar-refractivity contribution in [1.29, 1.82) is 0 Å². The van der Waals surface area contributed by atoms with E-state index in [4.69, 9.17) is 0 Å². The maximum atomic E-state index is 11.4. The van der Waals surface area contributed by atoms with Gasteiger partial charge in [0.15, 0.2) is 0 Å². The highest BCUT2D eigenvalue weighted by Crippen LogP contribution is 2.16. The Morgan fingerprint density at radius 3 is 2.74 bits per heavy atom. The van der Waals surface area contributed by atoms with Gasteiger partial charge in [0.2, 0.25) is 0 Å². The van der Waals surface area contributed by atoms with E-state index in [2.05, 4.69) is 48.3 Å². The minimum absolute atomic E-state index is 0.278. The number of carboxylic acids is 1. The van der Waals surface area contributed by atoms with Crippen LogP contribution in [0.5, 0.6) is 0 Å². The van der Waals surface area contributed by atoms with Crippen molar-refractivity contribution >= 4 is 5.97 Å². The van der Waals surface area contributed by atoms with Crippen LogP contribution in [0.15, 0.2) is 30.3 Å².